The van der Waals surface area contributed by atoms with Crippen LogP contribution in [0, 0.1) is 0 Å². The number of sulfone groups is 1. The van der Waals surface area contributed by atoms with Crippen molar-refractivity contribution in [3.63, 3.8) is 0 Å². The summed E-state index contributed by atoms with van der Waals surface area (Å²) in [6, 6.07) is 0. The van der Waals surface area contributed by atoms with Gasteiger partial charge in [0.25, 0.3) is 0 Å². The predicted octanol–water partition coefficient (Wildman–Crippen LogP) is -0.0729. The minimum Gasteiger partial charge on any atom is -0.370 e. The van der Waals surface area contributed by atoms with Crippen molar-refractivity contribution in [1.29, 1.82) is 0 Å². The molecule has 1 saturated carbocycles. The average Bonchev–Trinajstić information content (AvgIpc) is 3.07. The first-order valence-corrected chi connectivity index (χ1v) is 8.81. The molecule has 98 valence electrons. The third-order valence-electron chi connectivity index (χ3n) is 3.46. The minimum absolute atomic E-state index is 0.321. The van der Waals surface area contributed by atoms with Gasteiger partial charge >= 0.3 is 0 Å². The second kappa shape index (κ2) is 4.68. The maximum atomic E-state index is 11.6. The van der Waals surface area contributed by atoms with E-state index in [1.807, 2.05) is 16.7 Å². The van der Waals surface area contributed by atoms with Crippen LogP contribution in [-0.4, -0.2) is 61.4 Å². The summed E-state index contributed by atoms with van der Waals surface area (Å²) in [5.74, 6) is 2.63. The molecule has 2 rings (SSSR count). The summed E-state index contributed by atoms with van der Waals surface area (Å²) >= 11 is 1.91. The van der Waals surface area contributed by atoms with Crippen molar-refractivity contribution in [3.8, 4) is 0 Å². The maximum Gasteiger partial charge on any atom is 0.191 e. The Labute approximate surface area is 107 Å². The van der Waals surface area contributed by atoms with E-state index in [0.717, 1.165) is 37.4 Å². The van der Waals surface area contributed by atoms with Crippen LogP contribution in [0.25, 0.3) is 0 Å². The Balaban J connectivity index is 1.96. The molecule has 0 bridgehead atoms. The molecule has 7 heteroatoms. The fraction of sp³-hybridized carbons (Fsp3) is 0.900. The van der Waals surface area contributed by atoms with Gasteiger partial charge < -0.3 is 10.6 Å². The molecule has 0 aromatic carbocycles. The van der Waals surface area contributed by atoms with Crippen molar-refractivity contribution in [1.82, 2.24) is 4.90 Å². The number of aliphatic imine (C=N–C) groups is 1. The number of rotatable bonds is 3. The Kier molecular flexibility index (Phi) is 3.58. The summed E-state index contributed by atoms with van der Waals surface area (Å²) in [7, 11) is -3.00. The molecule has 0 aromatic rings. The van der Waals surface area contributed by atoms with Gasteiger partial charge in [0.15, 0.2) is 15.8 Å². The van der Waals surface area contributed by atoms with Crippen LogP contribution in [0.15, 0.2) is 4.99 Å². The number of thioether (sulfide) groups is 1. The van der Waals surface area contributed by atoms with E-state index in [4.69, 9.17) is 5.73 Å². The number of nitrogens with zero attached hydrogens (tertiary/aromatic N) is 2. The Morgan fingerprint density at radius 2 is 2.00 bits per heavy atom. The third-order valence-corrected chi connectivity index (χ3v) is 6.51. The minimum atomic E-state index is -3.00. The SMILES string of the molecule is CS(=O)(=O)C1(CN=C(N)N2CCSCC2)CC1. The predicted molar refractivity (Wildman–Crippen MR) is 72.2 cm³/mol. The van der Waals surface area contributed by atoms with Gasteiger partial charge in [-0.25, -0.2) is 8.42 Å². The molecule has 1 aliphatic heterocycles. The molecule has 1 heterocycles. The normalized spacial score (nSPS) is 24.8. The van der Waals surface area contributed by atoms with Gasteiger partial charge in [-0.1, -0.05) is 0 Å². The van der Waals surface area contributed by atoms with Crippen LogP contribution < -0.4 is 5.73 Å². The molecule has 0 radical (unpaired) electrons. The molecule has 0 atom stereocenters. The molecule has 1 saturated heterocycles. The summed E-state index contributed by atoms with van der Waals surface area (Å²) in [6.45, 7) is 2.14. The summed E-state index contributed by atoms with van der Waals surface area (Å²) in [4.78, 5) is 6.32. The quantitative estimate of drug-likeness (QED) is 0.577. The Morgan fingerprint density at radius 3 is 2.47 bits per heavy atom. The summed E-state index contributed by atoms with van der Waals surface area (Å²) in [5, 5.41) is 0. The van der Waals surface area contributed by atoms with Crippen molar-refractivity contribution in [2.24, 2.45) is 10.7 Å². The first-order chi connectivity index (χ1) is 7.95. The van der Waals surface area contributed by atoms with Gasteiger partial charge in [-0.3, -0.25) is 4.99 Å². The van der Waals surface area contributed by atoms with E-state index in [2.05, 4.69) is 4.99 Å². The summed E-state index contributed by atoms with van der Waals surface area (Å²) < 4.78 is 22.5. The Morgan fingerprint density at radius 1 is 1.41 bits per heavy atom. The number of hydrogen-bond acceptors (Lipinski definition) is 4. The molecule has 0 unspecified atom stereocenters. The smallest absolute Gasteiger partial charge is 0.191 e. The van der Waals surface area contributed by atoms with Crippen molar-refractivity contribution >= 4 is 27.6 Å². The van der Waals surface area contributed by atoms with E-state index in [1.165, 1.54) is 6.26 Å². The van der Waals surface area contributed by atoms with Crippen molar-refractivity contribution in [2.45, 2.75) is 17.6 Å². The third kappa shape index (κ3) is 2.88. The highest BCUT2D eigenvalue weighted by Gasteiger charge is 2.52. The first-order valence-electron chi connectivity index (χ1n) is 5.77. The fourth-order valence-corrected chi connectivity index (χ4v) is 3.95. The van der Waals surface area contributed by atoms with Crippen LogP contribution in [0.3, 0.4) is 0 Å². The van der Waals surface area contributed by atoms with Gasteiger partial charge in [0.2, 0.25) is 0 Å². The molecule has 2 fully saturated rings. The van der Waals surface area contributed by atoms with E-state index in [0.29, 0.717) is 12.5 Å². The standard InChI is InChI=1S/C10H19N3O2S2/c1-17(14,15)10(2-3-10)8-12-9(11)13-4-6-16-7-5-13/h2-8H2,1H3,(H2,11,12). The van der Waals surface area contributed by atoms with Crippen LogP contribution >= 0.6 is 11.8 Å². The van der Waals surface area contributed by atoms with Crippen LogP contribution in [-0.2, 0) is 9.84 Å². The maximum absolute atomic E-state index is 11.6. The zero-order valence-electron chi connectivity index (χ0n) is 10.1. The van der Waals surface area contributed by atoms with Gasteiger partial charge in [-0.15, -0.1) is 0 Å². The van der Waals surface area contributed by atoms with Crippen molar-refractivity contribution in [3.05, 3.63) is 0 Å². The van der Waals surface area contributed by atoms with Gasteiger partial charge in [0, 0.05) is 30.9 Å². The highest BCUT2D eigenvalue weighted by Crippen LogP contribution is 2.43. The zero-order valence-corrected chi connectivity index (χ0v) is 11.7. The summed E-state index contributed by atoms with van der Waals surface area (Å²) in [5.41, 5.74) is 5.90. The molecule has 5 nitrogen and oxygen atoms in total. The topological polar surface area (TPSA) is 75.8 Å². The molecule has 0 aromatic heterocycles. The second-order valence-electron chi connectivity index (χ2n) is 4.73. The lowest BCUT2D eigenvalue weighted by molar-refractivity contribution is 0.455. The van der Waals surface area contributed by atoms with Crippen molar-refractivity contribution in [2.75, 3.05) is 37.4 Å². The van der Waals surface area contributed by atoms with Crippen LogP contribution in [0.4, 0.5) is 0 Å². The lowest BCUT2D eigenvalue weighted by Crippen LogP contribution is -2.43. The van der Waals surface area contributed by atoms with Crippen LogP contribution in [0.2, 0.25) is 0 Å². The number of nitrogens with two attached hydrogens (primary N) is 1. The van der Waals surface area contributed by atoms with E-state index in [1.54, 1.807) is 0 Å². The average molecular weight is 277 g/mol. The van der Waals surface area contributed by atoms with Gasteiger partial charge in [-0.05, 0) is 12.8 Å². The molecule has 17 heavy (non-hydrogen) atoms. The number of guanidine groups is 1. The van der Waals surface area contributed by atoms with E-state index in [-0.39, 0.29) is 0 Å². The van der Waals surface area contributed by atoms with Gasteiger partial charge in [0.05, 0.1) is 11.3 Å². The second-order valence-corrected chi connectivity index (χ2v) is 8.36. The molecule has 2 aliphatic rings. The lowest BCUT2D eigenvalue weighted by Gasteiger charge is -2.27. The summed E-state index contributed by atoms with van der Waals surface area (Å²) in [6.07, 6.45) is 2.74. The first kappa shape index (κ1) is 13.0. The molecular weight excluding hydrogens is 258 g/mol. The zero-order chi connectivity index (χ0) is 12.5. The van der Waals surface area contributed by atoms with Crippen LogP contribution in [0.5, 0.6) is 0 Å². The van der Waals surface area contributed by atoms with Crippen molar-refractivity contribution < 1.29 is 8.42 Å². The van der Waals surface area contributed by atoms with Gasteiger partial charge in [0.1, 0.15) is 0 Å². The number of hydrogen-bond donors (Lipinski definition) is 1. The lowest BCUT2D eigenvalue weighted by atomic mass is 10.4. The van der Waals surface area contributed by atoms with E-state index in [9.17, 15) is 8.42 Å². The monoisotopic (exact) mass is 277 g/mol. The van der Waals surface area contributed by atoms with E-state index < -0.39 is 14.6 Å². The van der Waals surface area contributed by atoms with Gasteiger partial charge in [-0.2, -0.15) is 11.8 Å². The molecule has 0 amide bonds. The fourth-order valence-electron chi connectivity index (χ4n) is 1.90. The molecule has 1 aliphatic carbocycles. The largest absolute Gasteiger partial charge is 0.370 e. The van der Waals surface area contributed by atoms with Crippen LogP contribution in [0.1, 0.15) is 12.8 Å². The molecular formula is C10H19N3O2S2. The molecule has 2 N–H and O–H groups in total. The Hall–Kier alpha value is -0.430. The Bertz CT molecular complexity index is 409. The van der Waals surface area contributed by atoms with E-state index >= 15 is 0 Å². The highest BCUT2D eigenvalue weighted by molar-refractivity contribution is 7.99. The molecule has 0 spiro atoms. The highest BCUT2D eigenvalue weighted by atomic mass is 32.2.